The number of carboxylic acid groups (broad SMARTS) is 1. The third-order valence-electron chi connectivity index (χ3n) is 3.81. The fourth-order valence-electron chi connectivity index (χ4n) is 2.61. The summed E-state index contributed by atoms with van der Waals surface area (Å²) in [5, 5.41) is 9.38. The molecule has 0 heterocycles. The van der Waals surface area contributed by atoms with Crippen molar-refractivity contribution in [3.8, 4) is 0 Å². The zero-order chi connectivity index (χ0) is 15.6. The number of hydrogen-bond donors (Lipinski definition) is 2. The second-order valence-electron chi connectivity index (χ2n) is 5.21. The normalized spacial score (nSPS) is 22.4. The fraction of sp³-hybridized carbons (Fsp3) is 0.500. The zero-order valence-corrected chi connectivity index (χ0v) is 13.6. The van der Waals surface area contributed by atoms with Gasteiger partial charge in [-0.25, -0.2) is 17.9 Å². The smallest absolute Gasteiger partial charge is 0.335 e. The van der Waals surface area contributed by atoms with Crippen LogP contribution in [0.25, 0.3) is 0 Å². The van der Waals surface area contributed by atoms with E-state index in [4.69, 9.17) is 5.11 Å². The van der Waals surface area contributed by atoms with Gasteiger partial charge in [0.1, 0.15) is 0 Å². The third kappa shape index (κ3) is 3.59. The highest BCUT2D eigenvalue weighted by Crippen LogP contribution is 2.29. The largest absolute Gasteiger partial charge is 0.478 e. The summed E-state index contributed by atoms with van der Waals surface area (Å²) in [4.78, 5) is 11.1. The van der Waals surface area contributed by atoms with Gasteiger partial charge < -0.3 is 5.11 Å². The Morgan fingerprint density at radius 2 is 2.10 bits per heavy atom. The number of aromatic carboxylic acids is 1. The molecule has 0 aliphatic heterocycles. The van der Waals surface area contributed by atoms with Crippen molar-refractivity contribution in [1.29, 1.82) is 0 Å². The lowest BCUT2D eigenvalue weighted by atomic mass is 10.1. The van der Waals surface area contributed by atoms with E-state index in [-0.39, 0.29) is 21.8 Å². The molecule has 2 N–H and O–H groups in total. The molecular weight excluding hydrogens is 310 g/mol. The molecule has 1 fully saturated rings. The van der Waals surface area contributed by atoms with Crippen LogP contribution in [-0.2, 0) is 10.0 Å². The van der Waals surface area contributed by atoms with Crippen molar-refractivity contribution in [2.75, 3.05) is 6.26 Å². The van der Waals surface area contributed by atoms with Crippen molar-refractivity contribution < 1.29 is 18.3 Å². The second kappa shape index (κ2) is 6.37. The minimum atomic E-state index is -3.69. The Balaban J connectivity index is 2.27. The molecule has 0 aromatic heterocycles. The molecule has 1 saturated carbocycles. The van der Waals surface area contributed by atoms with Crippen LogP contribution in [0.1, 0.15) is 35.2 Å². The molecule has 0 saturated heterocycles. The van der Waals surface area contributed by atoms with E-state index in [1.165, 1.54) is 18.2 Å². The van der Waals surface area contributed by atoms with E-state index >= 15 is 0 Å². The van der Waals surface area contributed by atoms with Gasteiger partial charge in [0, 0.05) is 11.3 Å². The summed E-state index contributed by atoms with van der Waals surface area (Å²) in [7, 11) is -3.69. The lowest BCUT2D eigenvalue weighted by molar-refractivity contribution is 0.0696. The Labute approximate surface area is 129 Å². The van der Waals surface area contributed by atoms with Gasteiger partial charge in [0.2, 0.25) is 10.0 Å². The average Bonchev–Trinajstić information content (AvgIpc) is 2.85. The van der Waals surface area contributed by atoms with E-state index in [1.54, 1.807) is 18.7 Å². The van der Waals surface area contributed by atoms with Crippen LogP contribution in [0.2, 0.25) is 0 Å². The standard InChI is InChI=1S/C14H19NO4S2/c1-9-6-7-10(8-11(9)14(16)17)21(18,19)15-12-4-3-5-13(12)20-2/h6-8,12-13,15H,3-5H2,1-2H3,(H,16,17). The number of nitrogens with one attached hydrogen (secondary N) is 1. The lowest BCUT2D eigenvalue weighted by Gasteiger charge is -2.19. The van der Waals surface area contributed by atoms with E-state index in [0.717, 1.165) is 19.3 Å². The van der Waals surface area contributed by atoms with Crippen molar-refractivity contribution in [2.24, 2.45) is 0 Å². The van der Waals surface area contributed by atoms with Crippen molar-refractivity contribution in [3.63, 3.8) is 0 Å². The van der Waals surface area contributed by atoms with Crippen molar-refractivity contribution in [2.45, 2.75) is 42.4 Å². The maximum atomic E-state index is 12.4. The van der Waals surface area contributed by atoms with Crippen LogP contribution in [0, 0.1) is 6.92 Å². The van der Waals surface area contributed by atoms with Crippen LogP contribution in [0.3, 0.4) is 0 Å². The number of hydrogen-bond acceptors (Lipinski definition) is 4. The van der Waals surface area contributed by atoms with Gasteiger partial charge in [-0.15, -0.1) is 0 Å². The van der Waals surface area contributed by atoms with Crippen LogP contribution < -0.4 is 4.72 Å². The topological polar surface area (TPSA) is 83.5 Å². The molecule has 1 aromatic rings. The van der Waals surface area contributed by atoms with Gasteiger partial charge in [-0.3, -0.25) is 0 Å². The maximum Gasteiger partial charge on any atom is 0.335 e. The Bertz CT molecular complexity index is 642. The van der Waals surface area contributed by atoms with Gasteiger partial charge in [0.25, 0.3) is 0 Å². The number of carbonyl (C=O) groups is 1. The van der Waals surface area contributed by atoms with Gasteiger partial charge in [0.05, 0.1) is 10.5 Å². The van der Waals surface area contributed by atoms with Gasteiger partial charge in [0.15, 0.2) is 0 Å². The highest BCUT2D eigenvalue weighted by atomic mass is 32.2. The summed E-state index contributed by atoms with van der Waals surface area (Å²) in [5.41, 5.74) is 0.565. The SMILES string of the molecule is CSC1CCCC1NS(=O)(=O)c1ccc(C)c(C(=O)O)c1. The summed E-state index contributed by atoms with van der Waals surface area (Å²) < 4.78 is 27.6. The van der Waals surface area contributed by atoms with Crippen LogP contribution in [0.4, 0.5) is 0 Å². The molecule has 0 spiro atoms. The van der Waals surface area contributed by atoms with Crippen LogP contribution in [-0.4, -0.2) is 37.0 Å². The number of rotatable bonds is 5. The lowest BCUT2D eigenvalue weighted by Crippen LogP contribution is -2.38. The van der Waals surface area contributed by atoms with Crippen molar-refractivity contribution in [3.05, 3.63) is 29.3 Å². The van der Waals surface area contributed by atoms with Crippen molar-refractivity contribution in [1.82, 2.24) is 4.72 Å². The second-order valence-corrected chi connectivity index (χ2v) is 8.01. The molecular formula is C14H19NO4S2. The summed E-state index contributed by atoms with van der Waals surface area (Å²) >= 11 is 1.67. The Morgan fingerprint density at radius 3 is 2.71 bits per heavy atom. The summed E-state index contributed by atoms with van der Waals surface area (Å²) in [6.07, 6.45) is 4.81. The highest BCUT2D eigenvalue weighted by molar-refractivity contribution is 7.99. The number of carboxylic acids is 1. The first-order chi connectivity index (χ1) is 9.85. The predicted octanol–water partition coefficient (Wildman–Crippen LogP) is 2.26. The molecule has 1 aromatic carbocycles. The Morgan fingerprint density at radius 1 is 1.38 bits per heavy atom. The molecule has 0 amide bonds. The molecule has 1 aliphatic carbocycles. The zero-order valence-electron chi connectivity index (χ0n) is 12.0. The van der Waals surface area contributed by atoms with Gasteiger partial charge in [-0.05, 0) is 43.7 Å². The fourth-order valence-corrected chi connectivity index (χ4v) is 4.97. The van der Waals surface area contributed by atoms with Crippen LogP contribution in [0.5, 0.6) is 0 Å². The molecule has 7 heteroatoms. The number of sulfonamides is 1. The van der Waals surface area contributed by atoms with E-state index in [9.17, 15) is 13.2 Å². The molecule has 2 atom stereocenters. The number of thioether (sulfide) groups is 1. The van der Waals surface area contributed by atoms with Gasteiger partial charge >= 0.3 is 5.97 Å². The molecule has 2 unspecified atom stereocenters. The monoisotopic (exact) mass is 329 g/mol. The summed E-state index contributed by atoms with van der Waals surface area (Å²) in [6, 6.07) is 4.12. The quantitative estimate of drug-likeness (QED) is 0.866. The van der Waals surface area contributed by atoms with Gasteiger partial charge in [-0.1, -0.05) is 12.5 Å². The maximum absolute atomic E-state index is 12.4. The number of benzene rings is 1. The van der Waals surface area contributed by atoms with E-state index in [1.807, 2.05) is 6.26 Å². The van der Waals surface area contributed by atoms with Crippen LogP contribution >= 0.6 is 11.8 Å². The summed E-state index contributed by atoms with van der Waals surface area (Å²) in [6.45, 7) is 1.65. The molecule has 2 rings (SSSR count). The average molecular weight is 329 g/mol. The van der Waals surface area contributed by atoms with Crippen molar-refractivity contribution >= 4 is 27.8 Å². The van der Waals surface area contributed by atoms with Crippen LogP contribution in [0.15, 0.2) is 23.1 Å². The highest BCUT2D eigenvalue weighted by Gasteiger charge is 2.31. The van der Waals surface area contributed by atoms with Gasteiger partial charge in [-0.2, -0.15) is 11.8 Å². The Kier molecular flexibility index (Phi) is 4.95. The van der Waals surface area contributed by atoms with E-state index in [2.05, 4.69) is 4.72 Å². The van der Waals surface area contributed by atoms with E-state index in [0.29, 0.717) is 5.56 Å². The predicted molar refractivity (Wildman–Crippen MR) is 83.4 cm³/mol. The summed E-state index contributed by atoms with van der Waals surface area (Å²) in [5.74, 6) is -1.12. The first kappa shape index (κ1) is 16.3. The molecule has 0 radical (unpaired) electrons. The Hall–Kier alpha value is -1.05. The molecule has 116 valence electrons. The number of aryl methyl sites for hydroxylation is 1. The molecule has 5 nitrogen and oxygen atoms in total. The third-order valence-corrected chi connectivity index (χ3v) is 6.47. The molecule has 21 heavy (non-hydrogen) atoms. The minimum absolute atomic E-state index is 0.0113. The first-order valence-electron chi connectivity index (χ1n) is 6.74. The van der Waals surface area contributed by atoms with E-state index < -0.39 is 16.0 Å². The minimum Gasteiger partial charge on any atom is -0.478 e. The molecule has 0 bridgehead atoms. The molecule has 1 aliphatic rings. The first-order valence-corrected chi connectivity index (χ1v) is 9.51.